The quantitative estimate of drug-likeness (QED) is 0.0958. The van der Waals surface area contributed by atoms with Gasteiger partial charge in [-0.3, -0.25) is 9.69 Å². The number of nitrogens with zero attached hydrogens (tertiary/aromatic N) is 2. The number of hydrogen-bond donors (Lipinski definition) is 2. The SMILES string of the molecule is COc1ccc(OC(=O)N(CC(=O)O)[C@@H](C)c2ccc(OCCc3nc(-c4ccccc4)oc3C)cc2)cc1.COc1ccc([C@H](C)NC(=O)OCc2ccccc2)cc1. The van der Waals surface area contributed by atoms with E-state index in [1.54, 1.807) is 62.6 Å². The molecule has 13 heteroatoms. The number of rotatable bonds is 16. The molecule has 0 aliphatic carbocycles. The zero-order chi connectivity index (χ0) is 42.9. The lowest BCUT2D eigenvalue weighted by Gasteiger charge is -2.27. The maximum Gasteiger partial charge on any atom is 0.416 e. The van der Waals surface area contributed by atoms with Crippen LogP contribution in [0.2, 0.25) is 0 Å². The van der Waals surface area contributed by atoms with E-state index in [0.29, 0.717) is 30.4 Å². The van der Waals surface area contributed by atoms with Gasteiger partial charge >= 0.3 is 18.2 Å². The Balaban J connectivity index is 0.000000274. The minimum atomic E-state index is -1.15. The molecule has 0 fully saturated rings. The molecule has 2 N–H and O–H groups in total. The van der Waals surface area contributed by atoms with Crippen molar-refractivity contribution in [1.82, 2.24) is 15.2 Å². The van der Waals surface area contributed by atoms with Gasteiger partial charge in [-0.25, -0.2) is 14.6 Å². The summed E-state index contributed by atoms with van der Waals surface area (Å²) in [6, 6.07) is 39.8. The molecule has 6 aromatic rings. The van der Waals surface area contributed by atoms with E-state index in [0.717, 1.165) is 44.4 Å². The average Bonchev–Trinajstić information content (AvgIpc) is 3.65. The summed E-state index contributed by atoms with van der Waals surface area (Å²) in [4.78, 5) is 41.8. The van der Waals surface area contributed by atoms with Gasteiger partial charge in [-0.1, -0.05) is 72.8 Å². The molecule has 0 unspecified atom stereocenters. The molecule has 1 heterocycles. The van der Waals surface area contributed by atoms with Crippen LogP contribution in [0.1, 0.15) is 54.1 Å². The minimum absolute atomic E-state index is 0.126. The third kappa shape index (κ3) is 13.1. The predicted octanol–water partition coefficient (Wildman–Crippen LogP) is 9.61. The van der Waals surface area contributed by atoms with Crippen LogP contribution in [0.3, 0.4) is 0 Å². The van der Waals surface area contributed by atoms with Gasteiger partial charge in [0.2, 0.25) is 5.89 Å². The van der Waals surface area contributed by atoms with Crippen molar-refractivity contribution in [2.45, 2.75) is 45.9 Å². The fraction of sp³-hybridized carbons (Fsp3) is 0.234. The minimum Gasteiger partial charge on any atom is -0.497 e. The second-order valence-electron chi connectivity index (χ2n) is 13.5. The number of aryl methyl sites for hydroxylation is 1. The molecule has 5 aromatic carbocycles. The molecule has 1 aromatic heterocycles. The fourth-order valence-corrected chi connectivity index (χ4v) is 5.88. The highest BCUT2D eigenvalue weighted by Crippen LogP contribution is 2.26. The fourth-order valence-electron chi connectivity index (χ4n) is 5.88. The molecule has 0 spiro atoms. The lowest BCUT2D eigenvalue weighted by molar-refractivity contribution is -0.138. The summed E-state index contributed by atoms with van der Waals surface area (Å²) in [7, 11) is 3.16. The molecule has 13 nitrogen and oxygen atoms in total. The predicted molar refractivity (Wildman–Crippen MR) is 225 cm³/mol. The van der Waals surface area contributed by atoms with Gasteiger partial charge < -0.3 is 38.5 Å². The van der Waals surface area contributed by atoms with Gasteiger partial charge in [0.05, 0.1) is 38.6 Å². The Morgan fingerprint density at radius 3 is 1.88 bits per heavy atom. The van der Waals surface area contributed by atoms with Crippen LogP contribution in [0.4, 0.5) is 9.59 Å². The van der Waals surface area contributed by atoms with Crippen LogP contribution in [0.25, 0.3) is 11.5 Å². The van der Waals surface area contributed by atoms with Crippen LogP contribution < -0.4 is 24.3 Å². The van der Waals surface area contributed by atoms with E-state index in [4.69, 9.17) is 28.1 Å². The van der Waals surface area contributed by atoms with Crippen molar-refractivity contribution >= 4 is 18.2 Å². The van der Waals surface area contributed by atoms with Gasteiger partial charge in [0, 0.05) is 12.0 Å². The van der Waals surface area contributed by atoms with E-state index in [2.05, 4.69) is 10.3 Å². The largest absolute Gasteiger partial charge is 0.497 e. The molecule has 60 heavy (non-hydrogen) atoms. The molecule has 6 rings (SSSR count). The first-order valence-electron chi connectivity index (χ1n) is 19.2. The Labute approximate surface area is 349 Å². The van der Waals surface area contributed by atoms with Crippen molar-refractivity contribution in [3.8, 4) is 34.5 Å². The normalized spacial score (nSPS) is 11.5. The third-order valence-corrected chi connectivity index (χ3v) is 9.32. The monoisotopic (exact) mass is 815 g/mol. The highest BCUT2D eigenvalue weighted by molar-refractivity contribution is 5.78. The summed E-state index contributed by atoms with van der Waals surface area (Å²) < 4.78 is 32.5. The Hall–Kier alpha value is -7.28. The Morgan fingerprint density at radius 1 is 0.733 bits per heavy atom. The Kier molecular flexibility index (Phi) is 16.1. The molecule has 2 amide bonds. The highest BCUT2D eigenvalue weighted by Gasteiger charge is 2.26. The topological polar surface area (TPSA) is 159 Å². The number of carboxylic acid groups (broad SMARTS) is 1. The van der Waals surface area contributed by atoms with Gasteiger partial charge in [-0.2, -0.15) is 0 Å². The van der Waals surface area contributed by atoms with Crippen molar-refractivity contribution in [3.63, 3.8) is 0 Å². The molecular weight excluding hydrogens is 767 g/mol. The highest BCUT2D eigenvalue weighted by atomic mass is 16.6. The summed E-state index contributed by atoms with van der Waals surface area (Å²) in [5, 5.41) is 12.2. The number of alkyl carbamates (subject to hydrolysis) is 1. The molecule has 312 valence electrons. The van der Waals surface area contributed by atoms with Crippen molar-refractivity contribution in [3.05, 3.63) is 162 Å². The van der Waals surface area contributed by atoms with Crippen molar-refractivity contribution in [1.29, 1.82) is 0 Å². The molecule has 0 aliphatic heterocycles. The smallest absolute Gasteiger partial charge is 0.416 e. The van der Waals surface area contributed by atoms with Crippen molar-refractivity contribution in [2.24, 2.45) is 0 Å². The summed E-state index contributed by atoms with van der Waals surface area (Å²) in [5.41, 5.74) is 4.44. The maximum atomic E-state index is 12.9. The lowest BCUT2D eigenvalue weighted by Crippen LogP contribution is -2.39. The van der Waals surface area contributed by atoms with Crippen molar-refractivity contribution in [2.75, 3.05) is 27.4 Å². The zero-order valence-electron chi connectivity index (χ0n) is 34.2. The van der Waals surface area contributed by atoms with Crippen LogP contribution in [0.15, 0.2) is 138 Å². The standard InChI is InChI=1S/C30H30N2O7.C17H19NO3/c1-20(32(19-28(33)34)30(35)39-26-15-13-24(36-3)14-16-26)22-9-11-25(12-10-22)37-18-17-27-21(2)38-29(31-27)23-7-5-4-6-8-23;1-13(15-8-10-16(20-2)11-9-15)18-17(19)21-12-14-6-4-3-5-7-14/h4-16,20H,17-19H2,1-3H3,(H,33,34);3-11,13H,12H2,1-2H3,(H,18,19)/t20-;13-/m00/s1. The Morgan fingerprint density at radius 2 is 1.28 bits per heavy atom. The molecule has 2 atom stereocenters. The second-order valence-corrected chi connectivity index (χ2v) is 13.5. The number of hydrogen-bond acceptors (Lipinski definition) is 10. The number of ether oxygens (including phenoxy) is 5. The number of benzene rings is 5. The van der Waals surface area contributed by atoms with Gasteiger partial charge in [0.1, 0.15) is 41.9 Å². The first kappa shape index (κ1) is 43.8. The average molecular weight is 816 g/mol. The molecule has 0 radical (unpaired) electrons. The molecule has 0 saturated heterocycles. The maximum absolute atomic E-state index is 12.9. The first-order chi connectivity index (χ1) is 29.0. The number of methoxy groups -OCH3 is 2. The summed E-state index contributed by atoms with van der Waals surface area (Å²) in [5.74, 6) is 2.51. The summed E-state index contributed by atoms with van der Waals surface area (Å²) >= 11 is 0. The molecular formula is C47H49N3O10. The number of carboxylic acids is 1. The van der Waals surface area contributed by atoms with Crippen LogP contribution >= 0.6 is 0 Å². The molecule has 0 aliphatic rings. The number of carbonyl (C=O) groups excluding carboxylic acids is 2. The number of carbonyl (C=O) groups is 3. The van der Waals surface area contributed by atoms with E-state index < -0.39 is 30.7 Å². The number of oxazole rings is 1. The lowest BCUT2D eigenvalue weighted by atomic mass is 10.1. The number of nitrogens with one attached hydrogen (secondary N) is 1. The van der Waals surface area contributed by atoms with Crippen LogP contribution in [-0.2, 0) is 22.6 Å². The second kappa shape index (κ2) is 22.0. The number of aromatic nitrogens is 1. The third-order valence-electron chi connectivity index (χ3n) is 9.32. The zero-order valence-corrected chi connectivity index (χ0v) is 34.2. The number of aliphatic carboxylic acids is 1. The number of amides is 2. The van der Waals surface area contributed by atoms with Gasteiger partial charge in [0.25, 0.3) is 0 Å². The van der Waals surface area contributed by atoms with Crippen LogP contribution in [-0.4, -0.2) is 60.5 Å². The van der Waals surface area contributed by atoms with E-state index in [1.807, 2.05) is 98.8 Å². The van der Waals surface area contributed by atoms with Gasteiger partial charge in [0.15, 0.2) is 0 Å². The van der Waals surface area contributed by atoms with E-state index in [-0.39, 0.29) is 18.4 Å². The van der Waals surface area contributed by atoms with Crippen molar-refractivity contribution < 1.29 is 47.6 Å². The van der Waals surface area contributed by atoms with Crippen LogP contribution in [0, 0.1) is 6.92 Å². The van der Waals surface area contributed by atoms with Gasteiger partial charge in [-0.15, -0.1) is 0 Å². The molecule has 0 saturated carbocycles. The first-order valence-corrected chi connectivity index (χ1v) is 19.2. The van der Waals surface area contributed by atoms with E-state index >= 15 is 0 Å². The molecule has 0 bridgehead atoms. The van der Waals surface area contributed by atoms with Gasteiger partial charge in [-0.05, 0) is 98.1 Å². The Bertz CT molecular complexity index is 2250. The van der Waals surface area contributed by atoms with Crippen LogP contribution in [0.5, 0.6) is 23.0 Å². The van der Waals surface area contributed by atoms with E-state index in [1.165, 1.54) is 7.11 Å². The summed E-state index contributed by atoms with van der Waals surface area (Å²) in [6.07, 6.45) is -0.625. The summed E-state index contributed by atoms with van der Waals surface area (Å²) in [6.45, 7) is 5.68. The van der Waals surface area contributed by atoms with E-state index in [9.17, 15) is 19.5 Å².